The third-order valence-corrected chi connectivity index (χ3v) is 4.38. The van der Waals surface area contributed by atoms with E-state index in [1.807, 2.05) is 31.2 Å². The molecule has 0 saturated carbocycles. The van der Waals surface area contributed by atoms with Crippen molar-refractivity contribution in [1.29, 1.82) is 0 Å². The molecule has 0 aliphatic rings. The van der Waals surface area contributed by atoms with Gasteiger partial charge in [-0.2, -0.15) is 0 Å². The molecule has 0 heterocycles. The van der Waals surface area contributed by atoms with Crippen LogP contribution in [0.5, 0.6) is 5.75 Å². The van der Waals surface area contributed by atoms with Crippen LogP contribution in [0.1, 0.15) is 54.5 Å². The summed E-state index contributed by atoms with van der Waals surface area (Å²) in [4.78, 5) is 12.3. The summed E-state index contributed by atoms with van der Waals surface area (Å²) in [6.45, 7) is 8.90. The van der Waals surface area contributed by atoms with Crippen molar-refractivity contribution in [1.82, 2.24) is 5.32 Å². The number of carbonyl (C=O) groups is 1. The van der Waals surface area contributed by atoms with Crippen molar-refractivity contribution < 1.29 is 9.53 Å². The summed E-state index contributed by atoms with van der Waals surface area (Å²) in [5, 5.41) is 3.15. The lowest BCUT2D eigenvalue weighted by Gasteiger charge is -2.20. The van der Waals surface area contributed by atoms with E-state index >= 15 is 0 Å². The predicted octanol–water partition coefficient (Wildman–Crippen LogP) is 5.04. The van der Waals surface area contributed by atoms with Crippen molar-refractivity contribution in [2.24, 2.45) is 0 Å². The Hall–Kier alpha value is -2.29. The maximum atomic E-state index is 12.3. The van der Waals surface area contributed by atoms with Gasteiger partial charge in [-0.15, -0.1) is 0 Å². The SMILES string of the molecule is CC[C@H](NC(=O)CCCOc1ccc(C)cc1)c1ccc(C)cc1C. The number of amides is 1. The molecule has 0 bridgehead atoms. The van der Waals surface area contributed by atoms with Gasteiger partial charge in [0, 0.05) is 6.42 Å². The van der Waals surface area contributed by atoms with Crippen molar-refractivity contribution in [2.75, 3.05) is 6.61 Å². The Morgan fingerprint density at radius 3 is 2.36 bits per heavy atom. The number of benzene rings is 2. The number of hydrogen-bond donors (Lipinski definition) is 1. The molecule has 3 nitrogen and oxygen atoms in total. The average Bonchev–Trinajstić information content (AvgIpc) is 2.58. The van der Waals surface area contributed by atoms with Crippen LogP contribution in [-0.4, -0.2) is 12.5 Å². The minimum atomic E-state index is 0.0751. The molecule has 25 heavy (non-hydrogen) atoms. The molecule has 0 saturated heterocycles. The van der Waals surface area contributed by atoms with E-state index in [-0.39, 0.29) is 11.9 Å². The van der Waals surface area contributed by atoms with Crippen molar-refractivity contribution in [3.8, 4) is 5.75 Å². The van der Waals surface area contributed by atoms with Crippen LogP contribution in [0.3, 0.4) is 0 Å². The summed E-state index contributed by atoms with van der Waals surface area (Å²) in [5.74, 6) is 0.937. The fourth-order valence-corrected chi connectivity index (χ4v) is 2.94. The molecule has 2 aromatic carbocycles. The van der Waals surface area contributed by atoms with Crippen molar-refractivity contribution in [3.05, 3.63) is 64.7 Å². The molecule has 1 amide bonds. The van der Waals surface area contributed by atoms with Gasteiger partial charge < -0.3 is 10.1 Å². The molecule has 0 spiro atoms. The van der Waals surface area contributed by atoms with E-state index in [1.165, 1.54) is 22.3 Å². The molecule has 0 fully saturated rings. The van der Waals surface area contributed by atoms with Crippen molar-refractivity contribution >= 4 is 5.91 Å². The van der Waals surface area contributed by atoms with E-state index in [4.69, 9.17) is 4.74 Å². The maximum Gasteiger partial charge on any atom is 0.220 e. The van der Waals surface area contributed by atoms with Gasteiger partial charge in [0.25, 0.3) is 0 Å². The highest BCUT2D eigenvalue weighted by Crippen LogP contribution is 2.22. The lowest BCUT2D eigenvalue weighted by atomic mass is 9.97. The van der Waals surface area contributed by atoms with Crippen LogP contribution in [0.2, 0.25) is 0 Å². The first-order chi connectivity index (χ1) is 12.0. The predicted molar refractivity (Wildman–Crippen MR) is 103 cm³/mol. The number of nitrogens with one attached hydrogen (secondary N) is 1. The number of aryl methyl sites for hydroxylation is 3. The molecule has 0 aromatic heterocycles. The monoisotopic (exact) mass is 339 g/mol. The molecular weight excluding hydrogens is 310 g/mol. The molecule has 2 rings (SSSR count). The van der Waals surface area contributed by atoms with E-state index in [0.29, 0.717) is 19.4 Å². The van der Waals surface area contributed by atoms with Crippen molar-refractivity contribution in [2.45, 2.75) is 53.0 Å². The lowest BCUT2D eigenvalue weighted by Crippen LogP contribution is -2.28. The average molecular weight is 339 g/mol. The van der Waals surface area contributed by atoms with Crippen LogP contribution >= 0.6 is 0 Å². The number of rotatable bonds is 8. The Morgan fingerprint density at radius 1 is 1.04 bits per heavy atom. The third kappa shape index (κ3) is 5.93. The molecule has 1 N–H and O–H groups in total. The summed E-state index contributed by atoms with van der Waals surface area (Å²) >= 11 is 0. The van der Waals surface area contributed by atoms with Gasteiger partial charge in [0.05, 0.1) is 12.6 Å². The Labute approximate surface area is 151 Å². The van der Waals surface area contributed by atoms with E-state index < -0.39 is 0 Å². The van der Waals surface area contributed by atoms with Crippen molar-refractivity contribution in [3.63, 3.8) is 0 Å². The van der Waals surface area contributed by atoms with Crippen LogP contribution in [0.4, 0.5) is 0 Å². The number of hydrogen-bond acceptors (Lipinski definition) is 2. The normalized spacial score (nSPS) is 11.8. The number of carbonyl (C=O) groups excluding carboxylic acids is 1. The standard InChI is InChI=1S/C22H29NO2/c1-5-21(20-13-10-17(3)15-18(20)4)23-22(24)7-6-14-25-19-11-8-16(2)9-12-19/h8-13,15,21H,5-7,14H2,1-4H3,(H,23,24)/t21-/m0/s1. The zero-order valence-electron chi connectivity index (χ0n) is 15.8. The van der Waals surface area contributed by atoms with Gasteiger partial charge in [-0.3, -0.25) is 4.79 Å². The second kappa shape index (κ2) is 9.26. The highest BCUT2D eigenvalue weighted by molar-refractivity contribution is 5.76. The summed E-state index contributed by atoms with van der Waals surface area (Å²) < 4.78 is 5.68. The zero-order valence-corrected chi connectivity index (χ0v) is 15.8. The van der Waals surface area contributed by atoms with E-state index in [9.17, 15) is 4.79 Å². The lowest BCUT2D eigenvalue weighted by molar-refractivity contribution is -0.122. The highest BCUT2D eigenvalue weighted by atomic mass is 16.5. The first-order valence-corrected chi connectivity index (χ1v) is 9.05. The Balaban J connectivity index is 1.79. The Morgan fingerprint density at radius 2 is 1.72 bits per heavy atom. The first-order valence-electron chi connectivity index (χ1n) is 9.05. The van der Waals surface area contributed by atoms with Crippen LogP contribution < -0.4 is 10.1 Å². The molecule has 1 atom stereocenters. The zero-order chi connectivity index (χ0) is 18.2. The van der Waals surface area contributed by atoms with Crippen LogP contribution in [0, 0.1) is 20.8 Å². The first kappa shape index (κ1) is 19.0. The third-order valence-electron chi connectivity index (χ3n) is 4.38. The fourth-order valence-electron chi connectivity index (χ4n) is 2.94. The van der Waals surface area contributed by atoms with Gasteiger partial charge in [-0.25, -0.2) is 0 Å². The molecule has 0 aliphatic carbocycles. The minimum Gasteiger partial charge on any atom is -0.494 e. The summed E-state index contributed by atoms with van der Waals surface area (Å²) in [6, 6.07) is 14.4. The van der Waals surface area contributed by atoms with Gasteiger partial charge in [0.1, 0.15) is 5.75 Å². The van der Waals surface area contributed by atoms with Gasteiger partial charge >= 0.3 is 0 Å². The van der Waals surface area contributed by atoms with Crippen LogP contribution in [-0.2, 0) is 4.79 Å². The Bertz CT molecular complexity index is 692. The summed E-state index contributed by atoms with van der Waals surface area (Å²) in [7, 11) is 0. The molecule has 0 radical (unpaired) electrons. The smallest absolute Gasteiger partial charge is 0.220 e. The van der Waals surface area contributed by atoms with E-state index in [0.717, 1.165) is 12.2 Å². The summed E-state index contributed by atoms with van der Waals surface area (Å²) in [5.41, 5.74) is 4.90. The highest BCUT2D eigenvalue weighted by Gasteiger charge is 2.14. The van der Waals surface area contributed by atoms with E-state index in [1.54, 1.807) is 0 Å². The fraction of sp³-hybridized carbons (Fsp3) is 0.409. The van der Waals surface area contributed by atoms with Gasteiger partial charge in [0.15, 0.2) is 0 Å². The van der Waals surface area contributed by atoms with E-state index in [2.05, 4.69) is 44.3 Å². The van der Waals surface area contributed by atoms with Gasteiger partial charge in [-0.1, -0.05) is 48.4 Å². The van der Waals surface area contributed by atoms with Gasteiger partial charge in [0.2, 0.25) is 5.91 Å². The second-order valence-electron chi connectivity index (χ2n) is 6.65. The molecule has 0 aliphatic heterocycles. The molecular formula is C22H29NO2. The molecule has 0 unspecified atom stereocenters. The molecule has 2 aromatic rings. The minimum absolute atomic E-state index is 0.0751. The maximum absolute atomic E-state index is 12.3. The number of ether oxygens (including phenoxy) is 1. The Kier molecular flexibility index (Phi) is 7.05. The quantitative estimate of drug-likeness (QED) is 0.684. The molecule has 134 valence electrons. The van der Waals surface area contributed by atoms with Crippen LogP contribution in [0.25, 0.3) is 0 Å². The van der Waals surface area contributed by atoms with Crippen LogP contribution in [0.15, 0.2) is 42.5 Å². The second-order valence-corrected chi connectivity index (χ2v) is 6.65. The molecule has 3 heteroatoms. The summed E-state index contributed by atoms with van der Waals surface area (Å²) in [6.07, 6.45) is 2.08. The van der Waals surface area contributed by atoms with Gasteiger partial charge in [-0.05, 0) is 56.9 Å². The topological polar surface area (TPSA) is 38.3 Å². The largest absolute Gasteiger partial charge is 0.494 e.